The van der Waals surface area contributed by atoms with Crippen LogP contribution < -0.4 is 0 Å². The minimum atomic E-state index is -0.897. The maximum absolute atomic E-state index is 11.0. The monoisotopic (exact) mass is 241 g/mol. The number of para-hydroxylation sites is 1. The van der Waals surface area contributed by atoms with E-state index in [9.17, 15) is 4.79 Å². The number of nitrogens with zero attached hydrogens (tertiary/aromatic N) is 2. The van der Waals surface area contributed by atoms with Crippen molar-refractivity contribution in [2.75, 3.05) is 6.54 Å². The molecule has 0 saturated carbocycles. The molecule has 1 aliphatic rings. The fourth-order valence-electron chi connectivity index (χ4n) is 2.49. The zero-order valence-electron chi connectivity index (χ0n) is 9.60. The number of nitrogens with one attached hydrogen (secondary N) is 1. The van der Waals surface area contributed by atoms with Gasteiger partial charge in [0.15, 0.2) is 0 Å². The number of hydrogen-bond acceptors (Lipinski definition) is 2. The number of aromatic amines is 1. The Morgan fingerprint density at radius 3 is 3.06 bits per heavy atom. The largest absolute Gasteiger partial charge is 0.465 e. The Balaban J connectivity index is 2.18. The highest BCUT2D eigenvalue weighted by atomic mass is 16.4. The molecular formula is C13H11N3O2. The van der Waals surface area contributed by atoms with E-state index in [0.29, 0.717) is 25.1 Å². The average molecular weight is 241 g/mol. The maximum Gasteiger partial charge on any atom is 0.407 e. The van der Waals surface area contributed by atoms with E-state index < -0.39 is 6.09 Å². The molecule has 1 aromatic carbocycles. The molecular weight excluding hydrogens is 230 g/mol. The molecule has 3 rings (SSSR count). The van der Waals surface area contributed by atoms with E-state index in [1.54, 1.807) is 6.07 Å². The molecule has 18 heavy (non-hydrogen) atoms. The van der Waals surface area contributed by atoms with Crippen LogP contribution in [0.2, 0.25) is 0 Å². The molecule has 0 spiro atoms. The molecule has 1 amide bonds. The molecule has 1 aliphatic heterocycles. The van der Waals surface area contributed by atoms with Gasteiger partial charge in [-0.1, -0.05) is 12.1 Å². The van der Waals surface area contributed by atoms with Gasteiger partial charge in [0.1, 0.15) is 6.07 Å². The Hall–Kier alpha value is -2.48. The first-order valence-corrected chi connectivity index (χ1v) is 5.71. The lowest BCUT2D eigenvalue weighted by atomic mass is 10.0. The van der Waals surface area contributed by atoms with E-state index in [-0.39, 0.29) is 0 Å². The first-order chi connectivity index (χ1) is 8.70. The van der Waals surface area contributed by atoms with Crippen molar-refractivity contribution in [1.29, 1.82) is 5.26 Å². The zero-order valence-corrected chi connectivity index (χ0v) is 9.60. The van der Waals surface area contributed by atoms with Crippen LogP contribution in [-0.4, -0.2) is 27.6 Å². The topological polar surface area (TPSA) is 80.1 Å². The Bertz CT molecular complexity index is 681. The van der Waals surface area contributed by atoms with E-state index in [0.717, 1.165) is 22.2 Å². The summed E-state index contributed by atoms with van der Waals surface area (Å²) in [5, 5.41) is 19.1. The quantitative estimate of drug-likeness (QED) is 0.741. The number of hydrogen-bond donors (Lipinski definition) is 2. The molecule has 2 heterocycles. The van der Waals surface area contributed by atoms with Gasteiger partial charge in [-0.15, -0.1) is 0 Å². The number of carbonyl (C=O) groups is 1. The van der Waals surface area contributed by atoms with Crippen molar-refractivity contribution in [3.05, 3.63) is 35.0 Å². The van der Waals surface area contributed by atoms with Gasteiger partial charge in [0, 0.05) is 29.6 Å². The van der Waals surface area contributed by atoms with Crippen LogP contribution in [0.5, 0.6) is 0 Å². The van der Waals surface area contributed by atoms with Gasteiger partial charge < -0.3 is 15.0 Å². The second-order valence-electron chi connectivity index (χ2n) is 4.38. The van der Waals surface area contributed by atoms with Gasteiger partial charge in [0.05, 0.1) is 17.6 Å². The van der Waals surface area contributed by atoms with Crippen LogP contribution in [0.1, 0.15) is 16.8 Å². The van der Waals surface area contributed by atoms with Gasteiger partial charge in [-0.3, -0.25) is 0 Å². The number of carboxylic acid groups (broad SMARTS) is 1. The van der Waals surface area contributed by atoms with Crippen molar-refractivity contribution < 1.29 is 9.90 Å². The van der Waals surface area contributed by atoms with Gasteiger partial charge in [-0.05, 0) is 6.07 Å². The summed E-state index contributed by atoms with van der Waals surface area (Å²) in [6, 6.07) is 7.67. The fourth-order valence-corrected chi connectivity index (χ4v) is 2.49. The number of H-pyrrole nitrogens is 1. The summed E-state index contributed by atoms with van der Waals surface area (Å²) in [5.41, 5.74) is 3.46. The van der Waals surface area contributed by atoms with Crippen molar-refractivity contribution in [1.82, 2.24) is 9.88 Å². The van der Waals surface area contributed by atoms with E-state index in [2.05, 4.69) is 11.1 Å². The Morgan fingerprint density at radius 1 is 1.50 bits per heavy atom. The predicted octanol–water partition coefficient (Wildman–Crippen LogP) is 2.08. The predicted molar refractivity (Wildman–Crippen MR) is 65.2 cm³/mol. The third kappa shape index (κ3) is 1.43. The van der Waals surface area contributed by atoms with Gasteiger partial charge in [0.2, 0.25) is 0 Å². The van der Waals surface area contributed by atoms with E-state index in [4.69, 9.17) is 10.4 Å². The van der Waals surface area contributed by atoms with E-state index >= 15 is 0 Å². The van der Waals surface area contributed by atoms with Gasteiger partial charge >= 0.3 is 6.09 Å². The standard InChI is InChI=1S/C13H11N3O2/c14-6-8-2-1-3-9-10-7-16(13(17)18)5-4-11(10)15-12(8)9/h1-3,15H,4-5,7H2,(H,17,18). The molecule has 1 aromatic heterocycles. The number of nitriles is 1. The second kappa shape index (κ2) is 3.77. The summed E-state index contributed by atoms with van der Waals surface area (Å²) in [7, 11) is 0. The van der Waals surface area contributed by atoms with E-state index in [1.165, 1.54) is 4.90 Å². The van der Waals surface area contributed by atoms with Crippen LogP contribution in [0.3, 0.4) is 0 Å². The third-order valence-corrected chi connectivity index (χ3v) is 3.40. The lowest BCUT2D eigenvalue weighted by Crippen LogP contribution is -2.34. The first kappa shape index (κ1) is 10.7. The summed E-state index contributed by atoms with van der Waals surface area (Å²) in [6.45, 7) is 0.886. The highest BCUT2D eigenvalue weighted by Crippen LogP contribution is 2.29. The highest BCUT2D eigenvalue weighted by molar-refractivity contribution is 5.89. The molecule has 0 radical (unpaired) electrons. The van der Waals surface area contributed by atoms with Crippen LogP contribution in [0.25, 0.3) is 10.9 Å². The maximum atomic E-state index is 11.0. The Kier molecular flexibility index (Phi) is 2.23. The second-order valence-corrected chi connectivity index (χ2v) is 4.38. The average Bonchev–Trinajstić information content (AvgIpc) is 2.76. The lowest BCUT2D eigenvalue weighted by molar-refractivity contribution is 0.140. The zero-order chi connectivity index (χ0) is 12.7. The summed E-state index contributed by atoms with van der Waals surface area (Å²) in [4.78, 5) is 15.7. The molecule has 0 saturated heterocycles. The lowest BCUT2D eigenvalue weighted by Gasteiger charge is -2.24. The van der Waals surface area contributed by atoms with Crippen molar-refractivity contribution in [2.45, 2.75) is 13.0 Å². The number of benzene rings is 1. The number of aromatic nitrogens is 1. The summed E-state index contributed by atoms with van der Waals surface area (Å²) in [5.74, 6) is 0. The number of amides is 1. The first-order valence-electron chi connectivity index (χ1n) is 5.71. The molecule has 0 aliphatic carbocycles. The van der Waals surface area contributed by atoms with Crippen molar-refractivity contribution in [3.63, 3.8) is 0 Å². The van der Waals surface area contributed by atoms with E-state index in [1.807, 2.05) is 12.1 Å². The molecule has 5 nitrogen and oxygen atoms in total. The van der Waals surface area contributed by atoms with Crippen molar-refractivity contribution in [2.24, 2.45) is 0 Å². The van der Waals surface area contributed by atoms with Crippen LogP contribution in [-0.2, 0) is 13.0 Å². The molecule has 0 unspecified atom stereocenters. The van der Waals surface area contributed by atoms with Gasteiger partial charge in [0.25, 0.3) is 0 Å². The molecule has 2 N–H and O–H groups in total. The minimum Gasteiger partial charge on any atom is -0.465 e. The molecule has 0 fully saturated rings. The van der Waals surface area contributed by atoms with Crippen LogP contribution in [0, 0.1) is 11.3 Å². The SMILES string of the molecule is N#Cc1cccc2c3c([nH]c12)CCN(C(=O)O)C3. The number of fused-ring (bicyclic) bond motifs is 3. The fraction of sp³-hybridized carbons (Fsp3) is 0.231. The Morgan fingerprint density at radius 2 is 2.33 bits per heavy atom. The summed E-state index contributed by atoms with van der Waals surface area (Å²) in [6.07, 6.45) is -0.229. The van der Waals surface area contributed by atoms with Crippen LogP contribution in [0.4, 0.5) is 4.79 Å². The molecule has 2 aromatic rings. The normalized spacial score (nSPS) is 14.3. The minimum absolute atomic E-state index is 0.388. The van der Waals surface area contributed by atoms with Crippen LogP contribution >= 0.6 is 0 Å². The van der Waals surface area contributed by atoms with Crippen LogP contribution in [0.15, 0.2) is 18.2 Å². The third-order valence-electron chi connectivity index (χ3n) is 3.40. The molecule has 0 bridgehead atoms. The number of rotatable bonds is 0. The molecule has 90 valence electrons. The Labute approximate surface area is 103 Å². The smallest absolute Gasteiger partial charge is 0.407 e. The van der Waals surface area contributed by atoms with Gasteiger partial charge in [-0.2, -0.15) is 5.26 Å². The van der Waals surface area contributed by atoms with Crippen molar-refractivity contribution >= 4 is 17.0 Å². The molecule has 0 atom stereocenters. The van der Waals surface area contributed by atoms with Gasteiger partial charge in [-0.25, -0.2) is 4.79 Å². The van der Waals surface area contributed by atoms with Crippen molar-refractivity contribution in [3.8, 4) is 6.07 Å². The highest BCUT2D eigenvalue weighted by Gasteiger charge is 2.24. The summed E-state index contributed by atoms with van der Waals surface area (Å²) < 4.78 is 0. The summed E-state index contributed by atoms with van der Waals surface area (Å²) >= 11 is 0. The molecule has 5 heteroatoms.